The molecule has 0 fully saturated rings. The van der Waals surface area contributed by atoms with Gasteiger partial charge in [-0.15, -0.1) is 11.8 Å². The van der Waals surface area contributed by atoms with Crippen molar-refractivity contribution in [3.8, 4) is 0 Å². The number of carbonyl (C=O) groups is 1. The summed E-state index contributed by atoms with van der Waals surface area (Å²) in [7, 11) is 1.65. The molecule has 1 aromatic carbocycles. The van der Waals surface area contributed by atoms with Crippen LogP contribution in [0.4, 0.5) is 5.69 Å². The van der Waals surface area contributed by atoms with Crippen LogP contribution in [0.2, 0.25) is 0 Å². The van der Waals surface area contributed by atoms with Crippen LogP contribution >= 0.6 is 11.8 Å². The van der Waals surface area contributed by atoms with Gasteiger partial charge in [-0.1, -0.05) is 0 Å². The lowest BCUT2D eigenvalue weighted by atomic mass is 10.1. The predicted octanol–water partition coefficient (Wildman–Crippen LogP) is 1.92. The fourth-order valence-electron chi connectivity index (χ4n) is 1.35. The summed E-state index contributed by atoms with van der Waals surface area (Å²) < 4.78 is 0. The molecule has 1 rings (SSSR count). The van der Waals surface area contributed by atoms with Crippen LogP contribution in [0, 0.1) is 10.1 Å². The molecule has 7 heteroatoms. The van der Waals surface area contributed by atoms with E-state index >= 15 is 0 Å². The van der Waals surface area contributed by atoms with Crippen LogP contribution in [0.1, 0.15) is 13.8 Å². The number of hydrogen-bond donors (Lipinski definition) is 1. The Bertz CT molecular complexity index is 488. The standard InChI is InChI=1S/C13H18N2O4S/c1-13(2,9-16)14(3)12(17)8-20-11-6-4-10(5-7-11)15(18)19/h4-7,16H,8-9H2,1-3H3. The van der Waals surface area contributed by atoms with E-state index in [1.807, 2.05) is 0 Å². The van der Waals surface area contributed by atoms with E-state index in [1.54, 1.807) is 33.0 Å². The number of nitrogens with zero attached hydrogens (tertiary/aromatic N) is 2. The Hall–Kier alpha value is -1.60. The summed E-state index contributed by atoms with van der Waals surface area (Å²) in [5.41, 5.74) is -0.577. The fraction of sp³-hybridized carbons (Fsp3) is 0.462. The number of aliphatic hydroxyl groups excluding tert-OH is 1. The van der Waals surface area contributed by atoms with Gasteiger partial charge in [-0.3, -0.25) is 14.9 Å². The number of nitro benzene ring substituents is 1. The van der Waals surface area contributed by atoms with Crippen molar-refractivity contribution < 1.29 is 14.8 Å². The van der Waals surface area contributed by atoms with Gasteiger partial charge in [0.2, 0.25) is 5.91 Å². The van der Waals surface area contributed by atoms with Crippen molar-refractivity contribution in [3.05, 3.63) is 34.4 Å². The van der Waals surface area contributed by atoms with E-state index in [0.717, 1.165) is 4.90 Å². The molecule has 0 saturated heterocycles. The molecule has 0 saturated carbocycles. The van der Waals surface area contributed by atoms with Crippen molar-refractivity contribution in [1.29, 1.82) is 0 Å². The molecular formula is C13H18N2O4S. The summed E-state index contributed by atoms with van der Waals surface area (Å²) in [6.07, 6.45) is 0. The quantitative estimate of drug-likeness (QED) is 0.493. The molecule has 0 aliphatic rings. The molecule has 1 aromatic rings. The van der Waals surface area contributed by atoms with Gasteiger partial charge >= 0.3 is 0 Å². The van der Waals surface area contributed by atoms with Gasteiger partial charge in [0.15, 0.2) is 0 Å². The van der Waals surface area contributed by atoms with Crippen molar-refractivity contribution in [1.82, 2.24) is 4.90 Å². The lowest BCUT2D eigenvalue weighted by Crippen LogP contribution is -2.48. The summed E-state index contributed by atoms with van der Waals surface area (Å²) in [6.45, 7) is 3.44. The lowest BCUT2D eigenvalue weighted by Gasteiger charge is -2.33. The van der Waals surface area contributed by atoms with Gasteiger partial charge in [0.05, 0.1) is 22.8 Å². The molecule has 1 N–H and O–H groups in total. The minimum atomic E-state index is -0.604. The first-order valence-corrected chi connectivity index (χ1v) is 7.01. The van der Waals surface area contributed by atoms with Gasteiger partial charge in [0.25, 0.3) is 5.69 Å². The monoisotopic (exact) mass is 298 g/mol. The molecule has 0 aliphatic carbocycles. The third-order valence-corrected chi connectivity index (χ3v) is 4.08. The highest BCUT2D eigenvalue weighted by atomic mass is 32.2. The van der Waals surface area contributed by atoms with Gasteiger partial charge in [-0.05, 0) is 26.0 Å². The van der Waals surface area contributed by atoms with Crippen LogP contribution in [0.5, 0.6) is 0 Å². The number of likely N-dealkylation sites (N-methyl/N-ethyl adjacent to an activating group) is 1. The highest BCUT2D eigenvalue weighted by Crippen LogP contribution is 2.22. The fourth-order valence-corrected chi connectivity index (χ4v) is 2.16. The summed E-state index contributed by atoms with van der Waals surface area (Å²) >= 11 is 1.31. The molecule has 0 unspecified atom stereocenters. The van der Waals surface area contributed by atoms with E-state index in [2.05, 4.69) is 0 Å². The molecule has 0 spiro atoms. The van der Waals surface area contributed by atoms with Crippen LogP contribution in [-0.4, -0.2) is 45.8 Å². The molecule has 6 nitrogen and oxygen atoms in total. The number of aliphatic hydroxyl groups is 1. The molecule has 0 bridgehead atoms. The third kappa shape index (κ3) is 4.21. The number of amides is 1. The molecule has 0 atom stereocenters. The molecular weight excluding hydrogens is 280 g/mol. The van der Waals surface area contributed by atoms with Crippen molar-refractivity contribution in [2.24, 2.45) is 0 Å². The molecule has 20 heavy (non-hydrogen) atoms. The molecule has 0 aliphatic heterocycles. The number of non-ortho nitro benzene ring substituents is 1. The molecule has 0 heterocycles. The van der Waals surface area contributed by atoms with Crippen molar-refractivity contribution in [2.75, 3.05) is 19.4 Å². The predicted molar refractivity (Wildman–Crippen MR) is 77.8 cm³/mol. The van der Waals surface area contributed by atoms with Gasteiger partial charge in [-0.2, -0.15) is 0 Å². The van der Waals surface area contributed by atoms with Crippen LogP contribution in [0.15, 0.2) is 29.2 Å². The number of carbonyl (C=O) groups excluding carboxylic acids is 1. The van der Waals surface area contributed by atoms with E-state index in [-0.39, 0.29) is 24.0 Å². The zero-order valence-corrected chi connectivity index (χ0v) is 12.5. The maximum absolute atomic E-state index is 12.0. The Kier molecular flexibility index (Phi) is 5.52. The molecule has 1 amide bonds. The zero-order chi connectivity index (χ0) is 15.3. The molecule has 0 radical (unpaired) electrons. The minimum absolute atomic E-state index is 0.0270. The Morgan fingerprint density at radius 2 is 1.95 bits per heavy atom. The Morgan fingerprint density at radius 3 is 2.40 bits per heavy atom. The summed E-state index contributed by atoms with van der Waals surface area (Å²) in [5, 5.41) is 19.7. The molecule has 110 valence electrons. The maximum Gasteiger partial charge on any atom is 0.269 e. The third-order valence-electron chi connectivity index (χ3n) is 3.08. The number of nitro groups is 1. The molecule has 0 aromatic heterocycles. The topological polar surface area (TPSA) is 83.7 Å². The van der Waals surface area contributed by atoms with E-state index in [9.17, 15) is 20.0 Å². The second kappa shape index (κ2) is 6.71. The normalized spacial score (nSPS) is 11.2. The zero-order valence-electron chi connectivity index (χ0n) is 11.7. The average molecular weight is 298 g/mol. The Balaban J connectivity index is 2.59. The summed E-state index contributed by atoms with van der Waals surface area (Å²) in [4.78, 5) is 24.3. The first kappa shape index (κ1) is 16.5. The lowest BCUT2D eigenvalue weighted by molar-refractivity contribution is -0.384. The summed E-state index contributed by atoms with van der Waals surface area (Å²) in [5.74, 6) is 0.116. The van der Waals surface area contributed by atoms with Crippen LogP contribution in [-0.2, 0) is 4.79 Å². The van der Waals surface area contributed by atoms with E-state index < -0.39 is 10.5 Å². The average Bonchev–Trinajstić information content (AvgIpc) is 2.44. The van der Waals surface area contributed by atoms with Crippen molar-refractivity contribution in [2.45, 2.75) is 24.3 Å². The number of hydrogen-bond acceptors (Lipinski definition) is 5. The highest BCUT2D eigenvalue weighted by Gasteiger charge is 2.26. The largest absolute Gasteiger partial charge is 0.394 e. The summed E-state index contributed by atoms with van der Waals surface area (Å²) in [6, 6.07) is 6.06. The second-order valence-corrected chi connectivity index (χ2v) is 6.01. The minimum Gasteiger partial charge on any atom is -0.394 e. The number of benzene rings is 1. The van der Waals surface area contributed by atoms with E-state index in [4.69, 9.17) is 0 Å². The Morgan fingerprint density at radius 1 is 1.40 bits per heavy atom. The van der Waals surface area contributed by atoms with Gasteiger partial charge in [-0.25, -0.2) is 0 Å². The van der Waals surface area contributed by atoms with Gasteiger partial charge < -0.3 is 10.0 Å². The van der Waals surface area contributed by atoms with Crippen LogP contribution in [0.3, 0.4) is 0 Å². The maximum atomic E-state index is 12.0. The Labute approximate surface area is 121 Å². The van der Waals surface area contributed by atoms with Crippen molar-refractivity contribution in [3.63, 3.8) is 0 Å². The smallest absolute Gasteiger partial charge is 0.269 e. The highest BCUT2D eigenvalue weighted by molar-refractivity contribution is 8.00. The first-order chi connectivity index (χ1) is 9.27. The van der Waals surface area contributed by atoms with E-state index in [0.29, 0.717) is 0 Å². The van der Waals surface area contributed by atoms with Crippen LogP contribution in [0.25, 0.3) is 0 Å². The first-order valence-electron chi connectivity index (χ1n) is 6.02. The van der Waals surface area contributed by atoms with Crippen LogP contribution < -0.4 is 0 Å². The SMILES string of the molecule is CN(C(=O)CSc1ccc([N+](=O)[O-])cc1)C(C)(C)CO. The van der Waals surface area contributed by atoms with Gasteiger partial charge in [0, 0.05) is 24.1 Å². The number of thioether (sulfide) groups is 1. The second-order valence-electron chi connectivity index (χ2n) is 4.96. The number of rotatable bonds is 6. The van der Waals surface area contributed by atoms with Crippen molar-refractivity contribution >= 4 is 23.4 Å². The van der Waals surface area contributed by atoms with Gasteiger partial charge in [0.1, 0.15) is 0 Å². The van der Waals surface area contributed by atoms with E-state index in [1.165, 1.54) is 28.8 Å².